The standard InChI is InChI=1S/C20H20N4O2/c1-4-8-26-12-19(25)18-9-16(17-11-22-24(3)13(17)2)15-7-5-6-14(10-21)20(15)23-18/h5-7,9,11H,4,8,12H2,1-3H3. The molecule has 3 aromatic rings. The van der Waals surface area contributed by atoms with E-state index in [0.717, 1.165) is 28.6 Å². The molecular weight excluding hydrogens is 328 g/mol. The molecule has 0 N–H and O–H groups in total. The summed E-state index contributed by atoms with van der Waals surface area (Å²) in [7, 11) is 1.87. The molecule has 0 unspecified atom stereocenters. The lowest BCUT2D eigenvalue weighted by atomic mass is 9.98. The number of ketones is 1. The Labute approximate surface area is 152 Å². The number of aryl methyl sites for hydroxylation is 1. The van der Waals surface area contributed by atoms with Crippen molar-refractivity contribution >= 4 is 16.7 Å². The van der Waals surface area contributed by atoms with E-state index < -0.39 is 0 Å². The van der Waals surface area contributed by atoms with Crippen LogP contribution in [-0.2, 0) is 11.8 Å². The fourth-order valence-electron chi connectivity index (χ4n) is 2.85. The molecule has 0 aliphatic heterocycles. The average Bonchev–Trinajstić information content (AvgIpc) is 2.99. The maximum absolute atomic E-state index is 12.5. The highest BCUT2D eigenvalue weighted by Gasteiger charge is 2.17. The topological polar surface area (TPSA) is 80.8 Å². The zero-order chi connectivity index (χ0) is 18.7. The van der Waals surface area contributed by atoms with Gasteiger partial charge in [-0.1, -0.05) is 19.1 Å². The maximum atomic E-state index is 12.5. The van der Waals surface area contributed by atoms with Gasteiger partial charge in [0.1, 0.15) is 18.4 Å². The molecule has 0 amide bonds. The van der Waals surface area contributed by atoms with Crippen LogP contribution in [0.15, 0.2) is 30.5 Å². The van der Waals surface area contributed by atoms with Crippen LogP contribution < -0.4 is 0 Å². The normalized spacial score (nSPS) is 10.8. The van der Waals surface area contributed by atoms with Crippen LogP contribution in [-0.4, -0.2) is 33.8 Å². The van der Waals surface area contributed by atoms with Crippen molar-refractivity contribution in [2.24, 2.45) is 7.05 Å². The van der Waals surface area contributed by atoms with E-state index in [4.69, 9.17) is 4.74 Å². The van der Waals surface area contributed by atoms with Gasteiger partial charge in [-0.2, -0.15) is 10.4 Å². The Morgan fingerprint density at radius 1 is 1.35 bits per heavy atom. The van der Waals surface area contributed by atoms with Gasteiger partial charge >= 0.3 is 0 Å². The van der Waals surface area contributed by atoms with Crippen LogP contribution >= 0.6 is 0 Å². The van der Waals surface area contributed by atoms with Gasteiger partial charge in [-0.15, -0.1) is 0 Å². The van der Waals surface area contributed by atoms with Gasteiger partial charge in [-0.05, 0) is 31.0 Å². The van der Waals surface area contributed by atoms with E-state index in [0.29, 0.717) is 23.4 Å². The Kier molecular flexibility index (Phi) is 5.10. The number of pyridine rings is 1. The molecule has 0 spiro atoms. The molecule has 2 heterocycles. The number of rotatable bonds is 6. The zero-order valence-corrected chi connectivity index (χ0v) is 15.1. The average molecular weight is 348 g/mol. The monoisotopic (exact) mass is 348 g/mol. The molecule has 1 aromatic carbocycles. The quantitative estimate of drug-likeness (QED) is 0.503. The molecule has 0 bridgehead atoms. The van der Waals surface area contributed by atoms with Crippen LogP contribution in [0.5, 0.6) is 0 Å². The lowest BCUT2D eigenvalue weighted by Crippen LogP contribution is -2.12. The summed E-state index contributed by atoms with van der Waals surface area (Å²) < 4.78 is 7.15. The number of aromatic nitrogens is 3. The summed E-state index contributed by atoms with van der Waals surface area (Å²) in [6.45, 7) is 4.46. The third-order valence-electron chi connectivity index (χ3n) is 4.35. The van der Waals surface area contributed by atoms with E-state index in [2.05, 4.69) is 16.2 Å². The molecule has 2 aromatic heterocycles. The summed E-state index contributed by atoms with van der Waals surface area (Å²) in [6.07, 6.45) is 2.61. The van der Waals surface area contributed by atoms with Gasteiger partial charge in [-0.3, -0.25) is 9.48 Å². The third-order valence-corrected chi connectivity index (χ3v) is 4.35. The number of Topliss-reactive ketones (excluding diaryl/α,β-unsaturated/α-hetero) is 1. The van der Waals surface area contributed by atoms with Crippen molar-refractivity contribution in [3.8, 4) is 17.2 Å². The lowest BCUT2D eigenvalue weighted by Gasteiger charge is -2.10. The molecule has 0 atom stereocenters. The summed E-state index contributed by atoms with van der Waals surface area (Å²) in [5.41, 5.74) is 3.99. The van der Waals surface area contributed by atoms with Crippen molar-refractivity contribution in [1.82, 2.24) is 14.8 Å². The number of nitrogens with zero attached hydrogens (tertiary/aromatic N) is 4. The van der Waals surface area contributed by atoms with Gasteiger partial charge in [0.2, 0.25) is 5.78 Å². The third kappa shape index (κ3) is 3.22. The number of ether oxygens (including phenoxy) is 1. The molecule has 0 fully saturated rings. The van der Waals surface area contributed by atoms with Crippen LogP contribution in [0.25, 0.3) is 22.0 Å². The van der Waals surface area contributed by atoms with Crippen molar-refractivity contribution in [2.75, 3.05) is 13.2 Å². The van der Waals surface area contributed by atoms with Gasteiger partial charge in [-0.25, -0.2) is 4.98 Å². The molecule has 132 valence electrons. The maximum Gasteiger partial charge on any atom is 0.206 e. The summed E-state index contributed by atoms with van der Waals surface area (Å²) in [6, 6.07) is 9.37. The lowest BCUT2D eigenvalue weighted by molar-refractivity contribution is 0.0757. The van der Waals surface area contributed by atoms with Crippen LogP contribution in [0.2, 0.25) is 0 Å². The Balaban J connectivity index is 2.20. The minimum absolute atomic E-state index is 0.0213. The van der Waals surface area contributed by atoms with Gasteiger partial charge in [0, 0.05) is 30.3 Å². The molecule has 0 saturated carbocycles. The molecule has 0 radical (unpaired) electrons. The Hall–Kier alpha value is -3.04. The number of benzene rings is 1. The fourth-order valence-corrected chi connectivity index (χ4v) is 2.85. The van der Waals surface area contributed by atoms with E-state index in [1.165, 1.54) is 0 Å². The fraction of sp³-hybridized carbons (Fsp3) is 0.300. The molecule has 0 saturated heterocycles. The Bertz CT molecular complexity index is 1010. The highest BCUT2D eigenvalue weighted by molar-refractivity contribution is 6.04. The second-order valence-corrected chi connectivity index (χ2v) is 6.11. The van der Waals surface area contributed by atoms with Crippen molar-refractivity contribution in [2.45, 2.75) is 20.3 Å². The largest absolute Gasteiger partial charge is 0.373 e. The Morgan fingerprint density at radius 2 is 2.15 bits per heavy atom. The number of hydrogen-bond donors (Lipinski definition) is 0. The van der Waals surface area contributed by atoms with Gasteiger partial charge < -0.3 is 4.74 Å². The Morgan fingerprint density at radius 3 is 2.81 bits per heavy atom. The van der Waals surface area contributed by atoms with Crippen LogP contribution in [0.4, 0.5) is 0 Å². The van der Waals surface area contributed by atoms with Crippen LogP contribution in [0, 0.1) is 18.3 Å². The number of nitriles is 1. The number of carbonyl (C=O) groups is 1. The number of fused-ring (bicyclic) bond motifs is 1. The second kappa shape index (κ2) is 7.46. The number of carbonyl (C=O) groups excluding carboxylic acids is 1. The van der Waals surface area contributed by atoms with Crippen molar-refractivity contribution in [1.29, 1.82) is 5.26 Å². The predicted molar refractivity (Wildman–Crippen MR) is 98.8 cm³/mol. The van der Waals surface area contributed by atoms with Crippen LogP contribution in [0.1, 0.15) is 35.1 Å². The highest BCUT2D eigenvalue weighted by atomic mass is 16.5. The number of para-hydroxylation sites is 1. The first-order chi connectivity index (χ1) is 12.6. The van der Waals surface area contributed by atoms with E-state index in [1.54, 1.807) is 23.0 Å². The molecule has 6 heteroatoms. The zero-order valence-electron chi connectivity index (χ0n) is 15.1. The summed E-state index contributed by atoms with van der Waals surface area (Å²) in [4.78, 5) is 17.0. The van der Waals surface area contributed by atoms with Crippen molar-refractivity contribution in [3.63, 3.8) is 0 Å². The molecule has 6 nitrogen and oxygen atoms in total. The van der Waals surface area contributed by atoms with E-state index >= 15 is 0 Å². The van der Waals surface area contributed by atoms with E-state index in [9.17, 15) is 10.1 Å². The smallest absolute Gasteiger partial charge is 0.206 e. The molecule has 0 aliphatic rings. The van der Waals surface area contributed by atoms with Crippen molar-refractivity contribution in [3.05, 3.63) is 47.4 Å². The van der Waals surface area contributed by atoms with E-state index in [-0.39, 0.29) is 12.4 Å². The van der Waals surface area contributed by atoms with Gasteiger partial charge in [0.05, 0.1) is 17.3 Å². The summed E-state index contributed by atoms with van der Waals surface area (Å²) in [5.74, 6) is -0.198. The minimum atomic E-state index is -0.198. The van der Waals surface area contributed by atoms with Crippen LogP contribution in [0.3, 0.4) is 0 Å². The first-order valence-electron chi connectivity index (χ1n) is 8.50. The molecular formula is C20H20N4O2. The summed E-state index contributed by atoms with van der Waals surface area (Å²) in [5, 5.41) is 14.6. The van der Waals surface area contributed by atoms with E-state index in [1.807, 2.05) is 33.0 Å². The highest BCUT2D eigenvalue weighted by Crippen LogP contribution is 2.32. The second-order valence-electron chi connectivity index (χ2n) is 6.11. The molecule has 3 rings (SSSR count). The SMILES string of the molecule is CCCOCC(=O)c1cc(-c2cnn(C)c2C)c2cccc(C#N)c2n1. The first-order valence-corrected chi connectivity index (χ1v) is 8.50. The first kappa shape index (κ1) is 17.8. The van der Waals surface area contributed by atoms with Gasteiger partial charge in [0.15, 0.2) is 0 Å². The number of hydrogen-bond acceptors (Lipinski definition) is 5. The molecule has 0 aliphatic carbocycles. The summed E-state index contributed by atoms with van der Waals surface area (Å²) >= 11 is 0. The van der Waals surface area contributed by atoms with Crippen molar-refractivity contribution < 1.29 is 9.53 Å². The minimum Gasteiger partial charge on any atom is -0.373 e. The predicted octanol–water partition coefficient (Wildman–Crippen LogP) is 3.42. The molecule has 26 heavy (non-hydrogen) atoms. The van der Waals surface area contributed by atoms with Gasteiger partial charge in [0.25, 0.3) is 0 Å².